The van der Waals surface area contributed by atoms with E-state index < -0.39 is 84.2 Å². The number of amides is 4. The average Bonchev–Trinajstić information content (AvgIpc) is 4.10. The number of nitrogens with one attached hydrogen (secondary N) is 3. The highest BCUT2D eigenvalue weighted by atomic mass is 32.2. The van der Waals surface area contributed by atoms with Crippen molar-refractivity contribution >= 4 is 60.3 Å². The molecule has 334 valence electrons. The highest BCUT2D eigenvalue weighted by molar-refractivity contribution is 7.91. The van der Waals surface area contributed by atoms with Gasteiger partial charge in [0.15, 0.2) is 0 Å². The molecular weight excluding hydrogens is 831 g/mol. The van der Waals surface area contributed by atoms with E-state index in [0.29, 0.717) is 69.4 Å². The Morgan fingerprint density at radius 3 is 2.43 bits per heavy atom. The number of piperazine rings is 1. The second-order valence-electron chi connectivity index (χ2n) is 17.6. The largest absolute Gasteiger partial charge is 0.497 e. The van der Waals surface area contributed by atoms with Crippen molar-refractivity contribution < 1.29 is 50.6 Å². The molecule has 7 atom stereocenters. The number of pyridine rings is 1. The van der Waals surface area contributed by atoms with Gasteiger partial charge >= 0.3 is 6.09 Å². The van der Waals surface area contributed by atoms with E-state index in [1.165, 1.54) is 15.5 Å². The first-order chi connectivity index (χ1) is 28.8. The highest BCUT2D eigenvalue weighted by Crippen LogP contribution is 2.48. The average molecular weight is 888 g/mol. The molecule has 18 nitrogen and oxygen atoms in total. The van der Waals surface area contributed by atoms with Gasteiger partial charge < -0.3 is 35.0 Å². The molecule has 1 aromatic carbocycles. The van der Waals surface area contributed by atoms with Crippen LogP contribution in [0.2, 0.25) is 0 Å². The molecule has 2 aliphatic carbocycles. The molecule has 0 bridgehead atoms. The van der Waals surface area contributed by atoms with Crippen molar-refractivity contribution in [3.63, 3.8) is 0 Å². The summed E-state index contributed by atoms with van der Waals surface area (Å²) in [7, 11) is -5.86. The van der Waals surface area contributed by atoms with Gasteiger partial charge in [0.2, 0.25) is 37.7 Å². The van der Waals surface area contributed by atoms with Gasteiger partial charge in [-0.3, -0.25) is 19.1 Å². The normalized spacial score (nSPS) is 30.2. The van der Waals surface area contributed by atoms with Gasteiger partial charge in [0.25, 0.3) is 5.91 Å². The Morgan fingerprint density at radius 1 is 1.07 bits per heavy atom. The number of anilines is 1. The molecule has 4 fully saturated rings. The first-order valence-corrected chi connectivity index (χ1v) is 24.3. The number of methoxy groups -OCH3 is 1. The second-order valence-corrected chi connectivity index (χ2v) is 21.8. The van der Waals surface area contributed by atoms with Gasteiger partial charge in [-0.1, -0.05) is 32.4 Å². The van der Waals surface area contributed by atoms with Crippen LogP contribution in [0.15, 0.2) is 36.5 Å². The Hall–Kier alpha value is -4.69. The summed E-state index contributed by atoms with van der Waals surface area (Å²) in [5.41, 5.74) is -0.852. The summed E-state index contributed by atoms with van der Waals surface area (Å²) in [6.45, 7) is 6.80. The maximum atomic E-state index is 14.7. The fourth-order valence-corrected chi connectivity index (χ4v) is 11.2. The molecule has 7 rings (SSSR count). The first kappa shape index (κ1) is 44.4. The number of allylic oxidation sites excluding steroid dienone is 1. The third-order valence-corrected chi connectivity index (χ3v) is 16.7. The number of hydrogen-bond donors (Lipinski definition) is 4. The minimum atomic E-state index is -4.04. The van der Waals surface area contributed by atoms with Gasteiger partial charge in [0.05, 0.1) is 36.5 Å². The lowest BCUT2D eigenvalue weighted by Crippen LogP contribution is -2.59. The zero-order valence-corrected chi connectivity index (χ0v) is 36.9. The third kappa shape index (κ3) is 9.12. The molecule has 0 unspecified atom stereocenters. The van der Waals surface area contributed by atoms with E-state index in [0.717, 1.165) is 17.5 Å². The molecule has 1 aromatic heterocycles. The van der Waals surface area contributed by atoms with E-state index in [4.69, 9.17) is 14.5 Å². The molecule has 4 heterocycles. The van der Waals surface area contributed by atoms with E-state index in [1.54, 1.807) is 32.4 Å². The molecule has 4 N–H and O–H groups in total. The van der Waals surface area contributed by atoms with E-state index in [-0.39, 0.29) is 31.2 Å². The minimum Gasteiger partial charge on any atom is -0.497 e. The number of benzene rings is 1. The zero-order valence-electron chi connectivity index (χ0n) is 35.3. The fourth-order valence-electron chi connectivity index (χ4n) is 9.02. The minimum absolute atomic E-state index is 0.0480. The van der Waals surface area contributed by atoms with Gasteiger partial charge in [-0.25, -0.2) is 26.6 Å². The van der Waals surface area contributed by atoms with Crippen molar-refractivity contribution in [2.75, 3.05) is 51.0 Å². The van der Waals surface area contributed by atoms with Crippen molar-refractivity contribution in [2.24, 2.45) is 17.8 Å². The molecule has 2 saturated heterocycles. The molecule has 0 radical (unpaired) electrons. The van der Waals surface area contributed by atoms with E-state index in [1.807, 2.05) is 37.0 Å². The van der Waals surface area contributed by atoms with Crippen molar-refractivity contribution in [3.8, 4) is 11.6 Å². The molecule has 2 saturated carbocycles. The molecule has 20 heteroatoms. The monoisotopic (exact) mass is 887 g/mol. The summed E-state index contributed by atoms with van der Waals surface area (Å²) in [4.78, 5) is 63.6. The Labute approximate surface area is 356 Å². The predicted octanol–water partition coefficient (Wildman–Crippen LogP) is 2.59. The molecule has 3 aliphatic heterocycles. The van der Waals surface area contributed by atoms with Crippen LogP contribution in [-0.2, 0) is 34.4 Å². The summed E-state index contributed by atoms with van der Waals surface area (Å²) in [6.07, 6.45) is 7.67. The zero-order chi connectivity index (χ0) is 44.1. The number of aromatic nitrogens is 1. The third-order valence-electron chi connectivity index (χ3n) is 13.2. The number of sulfonamides is 2. The van der Waals surface area contributed by atoms with Gasteiger partial charge in [0.1, 0.15) is 29.5 Å². The molecule has 2 aromatic rings. The van der Waals surface area contributed by atoms with Crippen LogP contribution in [0, 0.1) is 17.8 Å². The summed E-state index contributed by atoms with van der Waals surface area (Å²) >= 11 is 0. The van der Waals surface area contributed by atoms with Gasteiger partial charge in [-0.05, 0) is 75.5 Å². The van der Waals surface area contributed by atoms with Crippen LogP contribution in [-0.4, -0.2) is 135 Å². The number of carboxylic acid groups (broad SMARTS) is 1. The van der Waals surface area contributed by atoms with Crippen molar-refractivity contribution in [3.05, 3.63) is 36.5 Å². The first-order valence-electron chi connectivity index (χ1n) is 21.0. The summed E-state index contributed by atoms with van der Waals surface area (Å²) in [5.74, 6) is -2.18. The van der Waals surface area contributed by atoms with Crippen LogP contribution in [0.1, 0.15) is 72.1 Å². The Balaban J connectivity index is 1.22. The molecule has 61 heavy (non-hydrogen) atoms. The van der Waals surface area contributed by atoms with E-state index in [9.17, 15) is 41.1 Å². The number of fused-ring (bicyclic) bond motifs is 3. The number of carbonyl (C=O) groups is 4. The second kappa shape index (κ2) is 16.9. The van der Waals surface area contributed by atoms with Crippen LogP contribution >= 0.6 is 0 Å². The highest BCUT2D eigenvalue weighted by Gasteiger charge is 2.63. The summed E-state index contributed by atoms with van der Waals surface area (Å²) in [5, 5.41) is 16.6. The summed E-state index contributed by atoms with van der Waals surface area (Å²) < 4.78 is 65.6. The van der Waals surface area contributed by atoms with Crippen LogP contribution in [0.3, 0.4) is 0 Å². The molecule has 5 aliphatic rings. The summed E-state index contributed by atoms with van der Waals surface area (Å²) in [6, 6.07) is 2.96. The standard InChI is InChI=1S/C41H57N7O11S2/c1-6-26-19-25(2)9-7-8-10-27-22-41(27,38(51)45-61(56,57)40(3)13-14-40)44-35(49)32-21-29(24-48(32)37(50)34(26)43-39(52)53)59-36-30-12-11-28(58-4)20-31(30)33(23-42-36)46-15-17-47(18-16-46)60(5,54)55/h8,10-12,20,23,25-27,29,32,34,43H,6-7,9,13-19,21-22,24H2,1-5H3,(H,44,49)(H,45,51)(H,52,53)/b10-8-/t25-,26-,27-,29-,32+,34+,41-/m1/s1. The number of hydrogen-bond acceptors (Lipinski definition) is 12. The van der Waals surface area contributed by atoms with Crippen LogP contribution in [0.25, 0.3) is 10.8 Å². The lowest BCUT2D eigenvalue weighted by molar-refractivity contribution is -0.142. The van der Waals surface area contributed by atoms with Crippen molar-refractivity contribution in [1.82, 2.24) is 29.5 Å². The van der Waals surface area contributed by atoms with Gasteiger partial charge in [-0.15, -0.1) is 0 Å². The number of carbonyl (C=O) groups excluding carboxylic acids is 3. The van der Waals surface area contributed by atoms with Crippen LogP contribution in [0.5, 0.6) is 11.6 Å². The van der Waals surface area contributed by atoms with Crippen LogP contribution < -0.4 is 29.7 Å². The van der Waals surface area contributed by atoms with E-state index in [2.05, 4.69) is 15.4 Å². The number of nitrogens with zero attached hydrogens (tertiary/aromatic N) is 4. The Morgan fingerprint density at radius 2 is 1.79 bits per heavy atom. The maximum Gasteiger partial charge on any atom is 0.405 e. The smallest absolute Gasteiger partial charge is 0.405 e. The Bertz CT molecular complexity index is 2310. The topological polar surface area (TPSA) is 234 Å². The number of ether oxygens (including phenoxy) is 2. The lowest BCUT2D eigenvalue weighted by atomic mass is 9.85. The molecule has 4 amide bonds. The number of rotatable bonds is 10. The fraction of sp³-hybridized carbons (Fsp3) is 0.634. The SMILES string of the molecule is CC[C@@H]1C[C@H](C)CC/C=C\[C@@H]2C[C@@]2(C(=O)NS(=O)(=O)C2(C)CC2)NC(=O)[C@@H]2C[C@@H](Oc3ncc(N4CCN(S(C)(=O)=O)CC4)c4cc(OC)ccc34)CN2C(=O)[C@H]1NC(=O)O. The van der Waals surface area contributed by atoms with Gasteiger partial charge in [0, 0.05) is 49.3 Å². The van der Waals surface area contributed by atoms with Gasteiger partial charge in [-0.2, -0.15) is 4.31 Å². The Kier molecular flexibility index (Phi) is 12.3. The lowest BCUT2D eigenvalue weighted by Gasteiger charge is -2.35. The maximum absolute atomic E-state index is 14.7. The quantitative estimate of drug-likeness (QED) is 0.252. The predicted molar refractivity (Wildman–Crippen MR) is 226 cm³/mol. The van der Waals surface area contributed by atoms with Crippen molar-refractivity contribution in [2.45, 2.75) is 101 Å². The van der Waals surface area contributed by atoms with Crippen molar-refractivity contribution in [1.29, 1.82) is 0 Å². The van der Waals surface area contributed by atoms with Crippen LogP contribution in [0.4, 0.5) is 10.5 Å². The molecular formula is C41H57N7O11S2. The molecule has 0 spiro atoms. The van der Waals surface area contributed by atoms with E-state index >= 15 is 0 Å².